The van der Waals surface area contributed by atoms with Crippen LogP contribution in [0.5, 0.6) is 0 Å². The van der Waals surface area contributed by atoms with Crippen molar-refractivity contribution >= 4 is 43.3 Å². The fourth-order valence-electron chi connectivity index (χ4n) is 3.73. The fraction of sp³-hybridized carbons (Fsp3) is 0.500. The van der Waals surface area contributed by atoms with Crippen LogP contribution in [0.3, 0.4) is 0 Å². The first-order valence-corrected chi connectivity index (χ1v) is 11.9. The van der Waals surface area contributed by atoms with E-state index in [1.54, 1.807) is 4.31 Å². The highest BCUT2D eigenvalue weighted by Gasteiger charge is 2.35. The van der Waals surface area contributed by atoms with Gasteiger partial charge < -0.3 is 25.7 Å². The monoisotopic (exact) mass is 484 g/mol. The van der Waals surface area contributed by atoms with Gasteiger partial charge in [-0.3, -0.25) is 0 Å². The Hall–Kier alpha value is -1.82. The number of nitrogens with one attached hydrogen (secondary N) is 2. The average molecular weight is 485 g/mol. The Kier molecular flexibility index (Phi) is 6.00. The van der Waals surface area contributed by atoms with E-state index in [4.69, 9.17) is 10.2 Å². The number of anilines is 3. The highest BCUT2D eigenvalue weighted by molar-refractivity contribution is 9.10. The van der Waals surface area contributed by atoms with Gasteiger partial charge in [0, 0.05) is 42.9 Å². The molecule has 3 heterocycles. The summed E-state index contributed by atoms with van der Waals surface area (Å²) in [5.41, 5.74) is 8.21. The van der Waals surface area contributed by atoms with Crippen molar-refractivity contribution in [3.8, 4) is 0 Å². The molecule has 11 heteroatoms. The maximum atomic E-state index is 12.8. The molecule has 0 radical (unpaired) electrons. The Bertz CT molecular complexity index is 952. The first kappa shape index (κ1) is 20.5. The van der Waals surface area contributed by atoms with Crippen LogP contribution in [-0.2, 0) is 16.6 Å². The molecule has 1 aromatic carbocycles. The normalized spacial score (nSPS) is 20.9. The van der Waals surface area contributed by atoms with Gasteiger partial charge in [-0.25, -0.2) is 8.42 Å². The molecule has 9 nitrogen and oxygen atoms in total. The second-order valence-electron chi connectivity index (χ2n) is 7.24. The second kappa shape index (κ2) is 8.50. The lowest BCUT2D eigenvalue weighted by atomic mass is 10.2. The number of nitrogens with two attached hydrogens (primary N) is 1. The Morgan fingerprint density at radius 2 is 2.10 bits per heavy atom. The second-order valence-corrected chi connectivity index (χ2v) is 10.3. The standard InChI is InChI=1S/C18H25BrN6O3S/c19-16-2-1-14(9-17(16)22-10-13-12-28-18(20)23-13)24-5-7-25(8-6-24)29(26,27)15-3-4-21-11-15/h1-2,9,12,15,21-22H,3-8,10-11H2,(H2,20,23). The highest BCUT2D eigenvalue weighted by Crippen LogP contribution is 2.29. The van der Waals surface area contributed by atoms with Crippen molar-refractivity contribution in [2.75, 3.05) is 55.2 Å². The van der Waals surface area contributed by atoms with E-state index in [0.717, 1.165) is 28.1 Å². The zero-order valence-electron chi connectivity index (χ0n) is 16.0. The number of nitrogens with zero attached hydrogens (tertiary/aromatic N) is 3. The van der Waals surface area contributed by atoms with Gasteiger partial charge in [-0.2, -0.15) is 9.29 Å². The maximum Gasteiger partial charge on any atom is 0.292 e. The molecule has 0 saturated carbocycles. The van der Waals surface area contributed by atoms with Crippen molar-refractivity contribution in [2.45, 2.75) is 18.2 Å². The summed E-state index contributed by atoms with van der Waals surface area (Å²) in [7, 11) is -3.22. The highest BCUT2D eigenvalue weighted by atomic mass is 79.9. The van der Waals surface area contributed by atoms with E-state index in [1.165, 1.54) is 6.26 Å². The molecule has 2 aliphatic heterocycles. The SMILES string of the molecule is Nc1nc(CNc2cc(N3CCN(S(=O)(=O)C4CCNC4)CC3)ccc2Br)co1. The lowest BCUT2D eigenvalue weighted by molar-refractivity contribution is 0.379. The van der Waals surface area contributed by atoms with Gasteiger partial charge in [-0.05, 0) is 47.1 Å². The predicted molar refractivity (Wildman–Crippen MR) is 116 cm³/mol. The summed E-state index contributed by atoms with van der Waals surface area (Å²) in [5, 5.41) is 6.18. The molecule has 4 N–H and O–H groups in total. The molecule has 0 bridgehead atoms. The zero-order valence-corrected chi connectivity index (χ0v) is 18.4. The van der Waals surface area contributed by atoms with E-state index in [2.05, 4.69) is 42.5 Å². The minimum atomic E-state index is -3.22. The minimum Gasteiger partial charge on any atom is -0.432 e. The number of sulfonamides is 1. The molecule has 0 spiro atoms. The Labute approximate surface area is 178 Å². The van der Waals surface area contributed by atoms with Crippen LogP contribution in [0.2, 0.25) is 0 Å². The predicted octanol–water partition coefficient (Wildman–Crippen LogP) is 1.45. The molecule has 158 valence electrons. The van der Waals surface area contributed by atoms with Crippen LogP contribution in [0, 0.1) is 0 Å². The largest absolute Gasteiger partial charge is 0.432 e. The first-order valence-electron chi connectivity index (χ1n) is 9.61. The maximum absolute atomic E-state index is 12.8. The third-order valence-electron chi connectivity index (χ3n) is 5.38. The molecule has 0 aliphatic carbocycles. The number of rotatable bonds is 6. The Morgan fingerprint density at radius 3 is 2.76 bits per heavy atom. The number of piperazine rings is 1. The molecule has 2 saturated heterocycles. The molecule has 2 fully saturated rings. The zero-order chi connectivity index (χ0) is 20.4. The molecule has 2 aliphatic rings. The van der Waals surface area contributed by atoms with Crippen molar-refractivity contribution in [3.63, 3.8) is 0 Å². The van der Waals surface area contributed by atoms with Crippen molar-refractivity contribution in [3.05, 3.63) is 34.6 Å². The van der Waals surface area contributed by atoms with E-state index >= 15 is 0 Å². The van der Waals surface area contributed by atoms with Gasteiger partial charge in [-0.1, -0.05) is 0 Å². The lowest BCUT2D eigenvalue weighted by Crippen LogP contribution is -2.51. The van der Waals surface area contributed by atoms with E-state index in [1.807, 2.05) is 12.1 Å². The van der Waals surface area contributed by atoms with Crippen LogP contribution in [0.1, 0.15) is 12.1 Å². The molecular weight excluding hydrogens is 460 g/mol. The summed E-state index contributed by atoms with van der Waals surface area (Å²) in [5.74, 6) is 0. The van der Waals surface area contributed by atoms with Crippen molar-refractivity contribution in [1.82, 2.24) is 14.6 Å². The Morgan fingerprint density at radius 1 is 1.31 bits per heavy atom. The number of oxazole rings is 1. The summed E-state index contributed by atoms with van der Waals surface area (Å²) in [6, 6.07) is 6.23. The van der Waals surface area contributed by atoms with Gasteiger partial charge >= 0.3 is 0 Å². The number of hydrogen-bond donors (Lipinski definition) is 3. The van der Waals surface area contributed by atoms with Crippen LogP contribution >= 0.6 is 15.9 Å². The van der Waals surface area contributed by atoms with Gasteiger partial charge in [0.2, 0.25) is 10.0 Å². The van der Waals surface area contributed by atoms with Crippen molar-refractivity contribution < 1.29 is 12.8 Å². The van der Waals surface area contributed by atoms with Gasteiger partial charge in [-0.15, -0.1) is 0 Å². The average Bonchev–Trinajstić information content (AvgIpc) is 3.40. The molecule has 0 amide bonds. The van der Waals surface area contributed by atoms with Crippen molar-refractivity contribution in [2.24, 2.45) is 0 Å². The molecule has 1 unspecified atom stereocenters. The molecule has 29 heavy (non-hydrogen) atoms. The van der Waals surface area contributed by atoms with Crippen LogP contribution in [0.4, 0.5) is 17.4 Å². The smallest absolute Gasteiger partial charge is 0.292 e. The first-order chi connectivity index (χ1) is 13.9. The topological polar surface area (TPSA) is 117 Å². The van der Waals surface area contributed by atoms with E-state index in [-0.39, 0.29) is 11.3 Å². The molecule has 1 atom stereocenters. The number of halogens is 1. The summed E-state index contributed by atoms with van der Waals surface area (Å²) >= 11 is 3.56. The third kappa shape index (κ3) is 4.52. The minimum absolute atomic E-state index is 0.149. The molecule has 1 aromatic heterocycles. The van der Waals surface area contributed by atoms with E-state index in [0.29, 0.717) is 45.7 Å². The van der Waals surface area contributed by atoms with Crippen LogP contribution < -0.4 is 21.3 Å². The summed E-state index contributed by atoms with van der Waals surface area (Å²) in [4.78, 5) is 6.30. The molecule has 4 rings (SSSR count). The van der Waals surface area contributed by atoms with Crippen LogP contribution in [0.15, 0.2) is 33.4 Å². The summed E-state index contributed by atoms with van der Waals surface area (Å²) in [6.07, 6.45) is 2.22. The van der Waals surface area contributed by atoms with Crippen LogP contribution in [0.25, 0.3) is 0 Å². The number of benzene rings is 1. The van der Waals surface area contributed by atoms with Gasteiger partial charge in [0.15, 0.2) is 0 Å². The Balaban J connectivity index is 1.39. The summed E-state index contributed by atoms with van der Waals surface area (Å²) in [6.45, 7) is 4.18. The van der Waals surface area contributed by atoms with Gasteiger partial charge in [0.1, 0.15) is 12.0 Å². The van der Waals surface area contributed by atoms with E-state index < -0.39 is 10.0 Å². The summed E-state index contributed by atoms with van der Waals surface area (Å²) < 4.78 is 33.2. The number of aromatic nitrogens is 1. The quantitative estimate of drug-likeness (QED) is 0.563. The number of nitrogen functional groups attached to an aromatic ring is 1. The van der Waals surface area contributed by atoms with E-state index in [9.17, 15) is 8.42 Å². The molecular formula is C18H25BrN6O3S. The number of hydrogen-bond acceptors (Lipinski definition) is 8. The van der Waals surface area contributed by atoms with Gasteiger partial charge in [0.05, 0.1) is 17.5 Å². The fourth-order valence-corrected chi connectivity index (χ4v) is 5.95. The van der Waals surface area contributed by atoms with Crippen LogP contribution in [-0.4, -0.2) is 62.2 Å². The van der Waals surface area contributed by atoms with Crippen molar-refractivity contribution in [1.29, 1.82) is 0 Å². The molecule has 2 aromatic rings. The lowest BCUT2D eigenvalue weighted by Gasteiger charge is -2.36. The van der Waals surface area contributed by atoms with Gasteiger partial charge in [0.25, 0.3) is 6.01 Å². The third-order valence-corrected chi connectivity index (χ3v) is 8.40.